The monoisotopic (exact) mass is 563 g/mol. The summed E-state index contributed by atoms with van der Waals surface area (Å²) in [6.45, 7) is 3.20. The van der Waals surface area contributed by atoms with E-state index in [1.807, 2.05) is 35.9 Å². The Morgan fingerprint density at radius 2 is 1.77 bits per heavy atom. The number of thiophene rings is 1. The Labute approximate surface area is 231 Å². The van der Waals surface area contributed by atoms with Crippen molar-refractivity contribution in [1.29, 1.82) is 0 Å². The zero-order valence-corrected chi connectivity index (χ0v) is 23.1. The molecule has 39 heavy (non-hydrogen) atoms. The molecule has 8 nitrogen and oxygen atoms in total. The summed E-state index contributed by atoms with van der Waals surface area (Å²) in [6.07, 6.45) is 4.20. The first kappa shape index (κ1) is 26.9. The van der Waals surface area contributed by atoms with Crippen LogP contribution in [0.3, 0.4) is 0 Å². The third-order valence-corrected chi connectivity index (χ3v) is 9.43. The number of phenols is 2. The second-order valence-corrected chi connectivity index (χ2v) is 12.3. The van der Waals surface area contributed by atoms with E-state index < -0.39 is 15.9 Å². The van der Waals surface area contributed by atoms with Crippen molar-refractivity contribution < 1.29 is 23.4 Å². The lowest BCUT2D eigenvalue weighted by molar-refractivity contribution is 0.0982. The van der Waals surface area contributed by atoms with Crippen LogP contribution in [0.4, 0.5) is 5.69 Å². The molecule has 0 bridgehead atoms. The van der Waals surface area contributed by atoms with Crippen LogP contribution in [0.5, 0.6) is 11.5 Å². The minimum atomic E-state index is -3.58. The van der Waals surface area contributed by atoms with Crippen molar-refractivity contribution in [3.63, 3.8) is 0 Å². The molecule has 0 unspecified atom stereocenters. The molecule has 0 saturated carbocycles. The van der Waals surface area contributed by atoms with Gasteiger partial charge >= 0.3 is 0 Å². The smallest absolute Gasteiger partial charge is 0.262 e. The van der Waals surface area contributed by atoms with E-state index in [1.54, 1.807) is 23.1 Å². The van der Waals surface area contributed by atoms with E-state index in [1.165, 1.54) is 34.0 Å². The molecule has 2 aromatic carbocycles. The second-order valence-electron chi connectivity index (χ2n) is 9.57. The van der Waals surface area contributed by atoms with Crippen LogP contribution in [0.1, 0.15) is 40.7 Å². The van der Waals surface area contributed by atoms with Crippen LogP contribution in [0.25, 0.3) is 11.3 Å². The number of amides is 1. The molecular weight excluding hydrogens is 534 g/mol. The van der Waals surface area contributed by atoms with Crippen LogP contribution in [-0.2, 0) is 16.6 Å². The Balaban J connectivity index is 1.43. The van der Waals surface area contributed by atoms with Crippen molar-refractivity contribution in [3.8, 4) is 22.8 Å². The minimum Gasteiger partial charge on any atom is -0.508 e. The molecule has 1 fully saturated rings. The summed E-state index contributed by atoms with van der Waals surface area (Å²) in [5.74, 6) is -0.838. The zero-order valence-electron chi connectivity index (χ0n) is 21.4. The number of aromatic hydroxyl groups is 2. The van der Waals surface area contributed by atoms with E-state index in [9.17, 15) is 23.4 Å². The summed E-state index contributed by atoms with van der Waals surface area (Å²) in [4.78, 5) is 19.8. The first-order valence-electron chi connectivity index (χ1n) is 12.7. The van der Waals surface area contributed by atoms with Crippen LogP contribution in [0.15, 0.2) is 76.4 Å². The number of aromatic nitrogens is 1. The normalized spacial score (nSPS) is 14.3. The third-order valence-electron chi connectivity index (χ3n) is 6.84. The van der Waals surface area contributed by atoms with Gasteiger partial charge in [0.2, 0.25) is 10.0 Å². The van der Waals surface area contributed by atoms with Gasteiger partial charge in [0.15, 0.2) is 0 Å². The lowest BCUT2D eigenvalue weighted by Gasteiger charge is -2.26. The molecule has 0 radical (unpaired) electrons. The maximum atomic E-state index is 13.5. The number of anilines is 1. The molecule has 1 aliphatic heterocycles. The fraction of sp³-hybridized carbons (Fsp3) is 0.241. The van der Waals surface area contributed by atoms with Gasteiger partial charge < -0.3 is 15.1 Å². The number of rotatable bonds is 7. The van der Waals surface area contributed by atoms with E-state index in [-0.39, 0.29) is 22.0 Å². The number of benzene rings is 2. The highest BCUT2D eigenvalue weighted by Crippen LogP contribution is 2.31. The standard InChI is InChI=1S/C29H29N3O5S2/c1-20-15-25(39(36,37)31-12-3-2-4-13-31)17-30-28(20)22-5-7-23(8-6-22)32(18-21-11-14-38-19-21)29(35)26-10-9-24(33)16-27(26)34/h5-11,14-17,19,33-34H,2-4,12-13,18H2,1H3. The average Bonchev–Trinajstić information content (AvgIpc) is 3.45. The summed E-state index contributed by atoms with van der Waals surface area (Å²) in [5.41, 5.74) is 3.82. The Hall–Kier alpha value is -3.73. The van der Waals surface area contributed by atoms with Crippen LogP contribution in [-0.4, -0.2) is 46.9 Å². The number of phenolic OH excluding ortho intramolecular Hbond substituents is 2. The third kappa shape index (κ3) is 5.68. The summed E-state index contributed by atoms with van der Waals surface area (Å²) in [6, 6.07) is 14.8. The van der Waals surface area contributed by atoms with Gasteiger partial charge in [-0.3, -0.25) is 9.78 Å². The molecule has 0 aliphatic carbocycles. The van der Waals surface area contributed by atoms with Crippen molar-refractivity contribution in [2.24, 2.45) is 0 Å². The van der Waals surface area contributed by atoms with Crippen molar-refractivity contribution in [2.75, 3.05) is 18.0 Å². The highest BCUT2D eigenvalue weighted by atomic mass is 32.2. The van der Waals surface area contributed by atoms with Gasteiger partial charge in [-0.1, -0.05) is 18.6 Å². The van der Waals surface area contributed by atoms with Crippen molar-refractivity contribution in [3.05, 3.63) is 88.2 Å². The maximum absolute atomic E-state index is 13.5. The van der Waals surface area contributed by atoms with Crippen LogP contribution in [0.2, 0.25) is 0 Å². The predicted molar refractivity (Wildman–Crippen MR) is 152 cm³/mol. The first-order valence-corrected chi connectivity index (χ1v) is 15.0. The molecule has 4 aromatic rings. The van der Waals surface area contributed by atoms with Gasteiger partial charge in [-0.15, -0.1) is 0 Å². The van der Waals surface area contributed by atoms with E-state index in [4.69, 9.17) is 0 Å². The second kappa shape index (κ2) is 11.2. The molecule has 2 aromatic heterocycles. The predicted octanol–water partition coefficient (Wildman–Crippen LogP) is 5.55. The van der Waals surface area contributed by atoms with Gasteiger partial charge in [-0.25, -0.2) is 8.42 Å². The van der Waals surface area contributed by atoms with Crippen LogP contribution in [0, 0.1) is 6.92 Å². The number of aryl methyl sites for hydroxylation is 1. The maximum Gasteiger partial charge on any atom is 0.262 e. The number of piperidine rings is 1. The van der Waals surface area contributed by atoms with Gasteiger partial charge in [0.1, 0.15) is 16.4 Å². The number of carbonyl (C=O) groups excluding carboxylic acids is 1. The number of hydrogen-bond acceptors (Lipinski definition) is 7. The minimum absolute atomic E-state index is 0.0788. The average molecular weight is 564 g/mol. The quantitative estimate of drug-likeness (QED) is 0.305. The SMILES string of the molecule is Cc1cc(S(=O)(=O)N2CCCCC2)cnc1-c1ccc(N(Cc2ccsc2)C(=O)c2ccc(O)cc2O)cc1. The van der Waals surface area contributed by atoms with E-state index in [0.29, 0.717) is 31.0 Å². The number of pyridine rings is 1. The van der Waals surface area contributed by atoms with Crippen molar-refractivity contribution >= 4 is 33.0 Å². The molecule has 0 spiro atoms. The van der Waals surface area contributed by atoms with Crippen molar-refractivity contribution in [1.82, 2.24) is 9.29 Å². The molecule has 2 N–H and O–H groups in total. The summed E-state index contributed by atoms with van der Waals surface area (Å²) in [7, 11) is -3.58. The lowest BCUT2D eigenvalue weighted by atomic mass is 10.1. The van der Waals surface area contributed by atoms with Gasteiger partial charge in [-0.2, -0.15) is 15.6 Å². The molecule has 1 amide bonds. The topological polar surface area (TPSA) is 111 Å². The highest BCUT2D eigenvalue weighted by molar-refractivity contribution is 7.89. The first-order chi connectivity index (χ1) is 18.7. The fourth-order valence-electron chi connectivity index (χ4n) is 4.74. The van der Waals surface area contributed by atoms with Crippen molar-refractivity contribution in [2.45, 2.75) is 37.6 Å². The molecule has 202 valence electrons. The summed E-state index contributed by atoms with van der Waals surface area (Å²) >= 11 is 1.53. The van der Waals surface area contributed by atoms with Crippen LogP contribution < -0.4 is 4.90 Å². The van der Waals surface area contributed by atoms with Gasteiger partial charge in [0.05, 0.1) is 17.8 Å². The molecule has 5 rings (SSSR count). The van der Waals surface area contributed by atoms with Crippen LogP contribution >= 0.6 is 11.3 Å². The largest absolute Gasteiger partial charge is 0.508 e. The van der Waals surface area contributed by atoms with E-state index >= 15 is 0 Å². The Morgan fingerprint density at radius 3 is 2.41 bits per heavy atom. The van der Waals surface area contributed by atoms with Gasteiger partial charge in [0.25, 0.3) is 5.91 Å². The number of nitrogens with zero attached hydrogens (tertiary/aromatic N) is 3. The molecular formula is C29H29N3O5S2. The number of sulfonamides is 1. The Bertz CT molecular complexity index is 1580. The van der Waals surface area contributed by atoms with Gasteiger partial charge in [0, 0.05) is 36.6 Å². The summed E-state index contributed by atoms with van der Waals surface area (Å²) < 4.78 is 27.7. The zero-order chi connectivity index (χ0) is 27.6. The molecule has 10 heteroatoms. The molecule has 1 aliphatic rings. The number of hydrogen-bond donors (Lipinski definition) is 2. The summed E-state index contributed by atoms with van der Waals surface area (Å²) in [5, 5.41) is 23.8. The molecule has 1 saturated heterocycles. The Kier molecular flexibility index (Phi) is 7.69. The lowest BCUT2D eigenvalue weighted by Crippen LogP contribution is -2.35. The highest BCUT2D eigenvalue weighted by Gasteiger charge is 2.27. The fourth-order valence-corrected chi connectivity index (χ4v) is 6.95. The number of carbonyl (C=O) groups is 1. The van der Waals surface area contributed by atoms with E-state index in [0.717, 1.165) is 42.0 Å². The molecule has 0 atom stereocenters. The van der Waals surface area contributed by atoms with Gasteiger partial charge in [-0.05, 0) is 78.1 Å². The Morgan fingerprint density at radius 1 is 1.03 bits per heavy atom. The molecule has 3 heterocycles. The van der Waals surface area contributed by atoms with E-state index in [2.05, 4.69) is 4.98 Å².